The fourth-order valence-corrected chi connectivity index (χ4v) is 4.61. The first-order valence-corrected chi connectivity index (χ1v) is 9.17. The fraction of sp³-hybridized carbons (Fsp3) is 0.571. The summed E-state index contributed by atoms with van der Waals surface area (Å²) < 4.78 is 76.8. The van der Waals surface area contributed by atoms with E-state index in [0.29, 0.717) is 18.5 Å². The second kappa shape index (κ2) is 8.03. The lowest BCUT2D eigenvalue weighted by atomic mass is 10.1. The summed E-state index contributed by atoms with van der Waals surface area (Å²) >= 11 is 0. The van der Waals surface area contributed by atoms with Crippen molar-refractivity contribution in [3.63, 3.8) is 0 Å². The van der Waals surface area contributed by atoms with Crippen molar-refractivity contribution in [3.8, 4) is 0 Å². The molecule has 0 fully saturated rings. The highest BCUT2D eigenvalue weighted by Gasteiger charge is 2.32. The molecule has 1 rings (SSSR count). The largest absolute Gasteiger partial charge is 0.398 e. The fourth-order valence-electron chi connectivity index (χ4n) is 2.32. The van der Waals surface area contributed by atoms with Gasteiger partial charge in [-0.15, -0.1) is 0 Å². The van der Waals surface area contributed by atoms with E-state index >= 15 is 0 Å². The van der Waals surface area contributed by atoms with Crippen LogP contribution in [0.3, 0.4) is 0 Å². The average Bonchev–Trinajstić information content (AvgIpc) is 2.54. The van der Waals surface area contributed by atoms with Crippen molar-refractivity contribution >= 4 is 8.56 Å². The standard InChI is InChI=1S/C14H19F5O2Si/c1-4-22(20-2,21-3)8-6-5-7-9-10(15)12(17)14(19)13(18)11(9)16/h4-8H2,1-3H3. The minimum atomic E-state index is -2.31. The maximum atomic E-state index is 13.5. The predicted octanol–water partition coefficient (Wildman–Crippen LogP) is 4.46. The molecule has 0 aromatic heterocycles. The van der Waals surface area contributed by atoms with Crippen molar-refractivity contribution in [1.29, 1.82) is 0 Å². The summed E-state index contributed by atoms with van der Waals surface area (Å²) in [4.78, 5) is 0. The highest BCUT2D eigenvalue weighted by molar-refractivity contribution is 6.67. The molecule has 0 aliphatic rings. The lowest BCUT2D eigenvalue weighted by molar-refractivity contribution is 0.241. The quantitative estimate of drug-likeness (QED) is 0.228. The molecule has 0 saturated heterocycles. The predicted molar refractivity (Wildman–Crippen MR) is 74.2 cm³/mol. The highest BCUT2D eigenvalue weighted by atomic mass is 28.4. The van der Waals surface area contributed by atoms with Gasteiger partial charge in [0.25, 0.3) is 0 Å². The van der Waals surface area contributed by atoms with Gasteiger partial charge in [0.15, 0.2) is 23.3 Å². The summed E-state index contributed by atoms with van der Waals surface area (Å²) in [6.07, 6.45) is 0.564. The van der Waals surface area contributed by atoms with Crippen LogP contribution in [-0.4, -0.2) is 22.8 Å². The highest BCUT2D eigenvalue weighted by Crippen LogP contribution is 2.26. The Labute approximate surface area is 127 Å². The Morgan fingerprint density at radius 2 is 1.23 bits per heavy atom. The second-order valence-electron chi connectivity index (χ2n) is 4.93. The number of unbranched alkanes of at least 4 members (excludes halogenated alkanes) is 1. The third-order valence-corrected chi connectivity index (χ3v) is 7.50. The van der Waals surface area contributed by atoms with Gasteiger partial charge in [0.1, 0.15) is 0 Å². The summed E-state index contributed by atoms with van der Waals surface area (Å²) in [5.41, 5.74) is -0.769. The van der Waals surface area contributed by atoms with Gasteiger partial charge >= 0.3 is 8.56 Å². The zero-order valence-electron chi connectivity index (χ0n) is 12.7. The third-order valence-electron chi connectivity index (χ3n) is 3.82. The van der Waals surface area contributed by atoms with Crippen LogP contribution in [0.15, 0.2) is 0 Å². The normalized spacial score (nSPS) is 12.0. The Balaban J connectivity index is 2.74. The molecule has 0 bridgehead atoms. The molecule has 0 unspecified atom stereocenters. The smallest absolute Gasteiger partial charge is 0.337 e. The van der Waals surface area contributed by atoms with Crippen LogP contribution in [0.1, 0.15) is 25.3 Å². The molecule has 0 amide bonds. The van der Waals surface area contributed by atoms with E-state index in [-0.39, 0.29) is 12.8 Å². The van der Waals surface area contributed by atoms with Crippen molar-refractivity contribution in [1.82, 2.24) is 0 Å². The molecule has 22 heavy (non-hydrogen) atoms. The van der Waals surface area contributed by atoms with Crippen LogP contribution in [0.5, 0.6) is 0 Å². The van der Waals surface area contributed by atoms with E-state index in [1.807, 2.05) is 6.92 Å². The Bertz CT molecular complexity index is 483. The van der Waals surface area contributed by atoms with E-state index in [2.05, 4.69) is 0 Å². The summed E-state index contributed by atoms with van der Waals surface area (Å²) in [7, 11) is 0.781. The molecule has 1 aromatic rings. The summed E-state index contributed by atoms with van der Waals surface area (Å²) in [5, 5.41) is 0. The number of rotatable bonds is 8. The first kappa shape index (κ1) is 19.1. The van der Waals surface area contributed by atoms with E-state index < -0.39 is 43.2 Å². The molecule has 0 atom stereocenters. The van der Waals surface area contributed by atoms with Gasteiger partial charge in [-0.2, -0.15) is 0 Å². The minimum Gasteiger partial charge on any atom is -0.398 e. The molecule has 2 nitrogen and oxygen atoms in total. The van der Waals surface area contributed by atoms with Crippen LogP contribution in [-0.2, 0) is 15.3 Å². The molecular formula is C14H19F5O2Si. The molecule has 0 heterocycles. The van der Waals surface area contributed by atoms with Crippen LogP contribution in [0.4, 0.5) is 22.0 Å². The van der Waals surface area contributed by atoms with Gasteiger partial charge in [-0.3, -0.25) is 0 Å². The van der Waals surface area contributed by atoms with Gasteiger partial charge in [-0.05, 0) is 24.9 Å². The third kappa shape index (κ3) is 3.85. The molecule has 0 N–H and O–H groups in total. The Hall–Kier alpha value is -0.993. The zero-order valence-corrected chi connectivity index (χ0v) is 13.7. The van der Waals surface area contributed by atoms with E-state index in [0.717, 1.165) is 0 Å². The van der Waals surface area contributed by atoms with Gasteiger partial charge in [0, 0.05) is 19.8 Å². The molecular weight excluding hydrogens is 323 g/mol. The van der Waals surface area contributed by atoms with Crippen molar-refractivity contribution in [3.05, 3.63) is 34.6 Å². The summed E-state index contributed by atoms with van der Waals surface area (Å²) in [5.74, 6) is -9.45. The molecule has 126 valence electrons. The maximum absolute atomic E-state index is 13.5. The van der Waals surface area contributed by atoms with Crippen molar-refractivity contribution in [2.24, 2.45) is 0 Å². The number of halogens is 5. The van der Waals surface area contributed by atoms with Crippen LogP contribution in [0.2, 0.25) is 12.1 Å². The van der Waals surface area contributed by atoms with E-state index in [1.54, 1.807) is 14.2 Å². The van der Waals surface area contributed by atoms with E-state index in [1.165, 1.54) is 0 Å². The number of hydrogen-bond donors (Lipinski definition) is 0. The van der Waals surface area contributed by atoms with Gasteiger partial charge < -0.3 is 8.85 Å². The summed E-state index contributed by atoms with van der Waals surface area (Å²) in [6.45, 7) is 1.92. The molecule has 0 radical (unpaired) electrons. The molecule has 0 aliphatic heterocycles. The van der Waals surface area contributed by atoms with Gasteiger partial charge in [0.05, 0.1) is 0 Å². The molecule has 0 saturated carbocycles. The molecule has 1 aromatic carbocycles. The van der Waals surface area contributed by atoms with Crippen LogP contribution in [0.25, 0.3) is 0 Å². The van der Waals surface area contributed by atoms with E-state index in [9.17, 15) is 22.0 Å². The minimum absolute atomic E-state index is 0.229. The van der Waals surface area contributed by atoms with Crippen molar-refractivity contribution in [2.45, 2.75) is 38.3 Å². The van der Waals surface area contributed by atoms with Crippen LogP contribution in [0, 0.1) is 29.1 Å². The zero-order chi connectivity index (χ0) is 16.9. The van der Waals surface area contributed by atoms with Crippen LogP contribution < -0.4 is 0 Å². The van der Waals surface area contributed by atoms with Crippen molar-refractivity contribution in [2.75, 3.05) is 14.2 Å². The Kier molecular flexibility index (Phi) is 6.95. The lowest BCUT2D eigenvalue weighted by Gasteiger charge is -2.25. The van der Waals surface area contributed by atoms with Gasteiger partial charge in [0.2, 0.25) is 5.82 Å². The first-order chi connectivity index (χ1) is 10.3. The monoisotopic (exact) mass is 342 g/mol. The second-order valence-corrected chi connectivity index (χ2v) is 8.77. The van der Waals surface area contributed by atoms with Crippen molar-refractivity contribution < 1.29 is 30.8 Å². The maximum Gasteiger partial charge on any atom is 0.337 e. The lowest BCUT2D eigenvalue weighted by Crippen LogP contribution is -2.38. The number of benzene rings is 1. The van der Waals surface area contributed by atoms with E-state index in [4.69, 9.17) is 8.85 Å². The molecule has 8 heteroatoms. The van der Waals surface area contributed by atoms with Crippen LogP contribution >= 0.6 is 0 Å². The Morgan fingerprint density at radius 1 is 0.773 bits per heavy atom. The SMILES string of the molecule is CC[Si](CCCCc1c(F)c(F)c(F)c(F)c1F)(OC)OC. The topological polar surface area (TPSA) is 18.5 Å². The summed E-state index contributed by atoms with van der Waals surface area (Å²) in [6, 6.07) is 1.30. The first-order valence-electron chi connectivity index (χ1n) is 6.94. The average molecular weight is 342 g/mol. The molecule has 0 aliphatic carbocycles. The molecule has 0 spiro atoms. The van der Waals surface area contributed by atoms with Gasteiger partial charge in [-0.1, -0.05) is 13.3 Å². The Morgan fingerprint density at radius 3 is 1.64 bits per heavy atom. The van der Waals surface area contributed by atoms with Gasteiger partial charge in [-0.25, -0.2) is 22.0 Å². The number of hydrogen-bond acceptors (Lipinski definition) is 2.